The summed E-state index contributed by atoms with van der Waals surface area (Å²) in [6.07, 6.45) is 1.47. The van der Waals surface area contributed by atoms with Gasteiger partial charge in [0.2, 0.25) is 0 Å². The lowest BCUT2D eigenvalue weighted by Crippen LogP contribution is -2.59. The highest BCUT2D eigenvalue weighted by Gasteiger charge is 2.49. The van der Waals surface area contributed by atoms with Crippen LogP contribution in [0.4, 0.5) is 4.79 Å². The first kappa shape index (κ1) is 16.3. The zero-order chi connectivity index (χ0) is 16.7. The van der Waals surface area contributed by atoms with E-state index in [4.69, 9.17) is 9.47 Å². The molecule has 0 bridgehead atoms. The third-order valence-electron chi connectivity index (χ3n) is 3.80. The summed E-state index contributed by atoms with van der Waals surface area (Å²) in [5.41, 5.74) is -0.0569. The maximum absolute atomic E-state index is 12.5. The van der Waals surface area contributed by atoms with Gasteiger partial charge < -0.3 is 14.0 Å². The first-order valence-corrected chi connectivity index (χ1v) is 7.16. The fourth-order valence-corrected chi connectivity index (χ4v) is 2.59. The molecule has 22 heavy (non-hydrogen) atoms. The summed E-state index contributed by atoms with van der Waals surface area (Å²) in [6, 6.07) is 0. The standard InChI is InChI=1S/C15H23N3O4/c1-14(2,3)22-13(20)18-8-10-11(17(5)9-16-10)7-15(18,4)12(19)21-6/h9H,7-8H2,1-6H3. The molecule has 0 aromatic carbocycles. The van der Waals surface area contributed by atoms with Crippen LogP contribution >= 0.6 is 0 Å². The molecule has 1 aromatic heterocycles. The summed E-state index contributed by atoms with van der Waals surface area (Å²) < 4.78 is 12.2. The highest BCUT2D eigenvalue weighted by molar-refractivity contribution is 5.86. The van der Waals surface area contributed by atoms with Crippen LogP contribution in [-0.4, -0.2) is 44.8 Å². The minimum Gasteiger partial charge on any atom is -0.467 e. The Morgan fingerprint density at radius 3 is 2.55 bits per heavy atom. The lowest BCUT2D eigenvalue weighted by Gasteiger charge is -2.42. The largest absolute Gasteiger partial charge is 0.467 e. The predicted octanol–water partition coefficient (Wildman–Crippen LogP) is 1.64. The molecule has 7 heteroatoms. The van der Waals surface area contributed by atoms with Crippen molar-refractivity contribution < 1.29 is 19.1 Å². The lowest BCUT2D eigenvalue weighted by molar-refractivity contribution is -0.155. The van der Waals surface area contributed by atoms with Gasteiger partial charge in [-0.2, -0.15) is 0 Å². The number of aromatic nitrogens is 2. The van der Waals surface area contributed by atoms with Crippen molar-refractivity contribution in [3.63, 3.8) is 0 Å². The van der Waals surface area contributed by atoms with Gasteiger partial charge in [-0.25, -0.2) is 14.6 Å². The minimum atomic E-state index is -1.11. The number of carbonyl (C=O) groups is 2. The van der Waals surface area contributed by atoms with Crippen LogP contribution in [0, 0.1) is 0 Å². The molecular weight excluding hydrogens is 286 g/mol. The average molecular weight is 309 g/mol. The van der Waals surface area contributed by atoms with Crippen molar-refractivity contribution in [1.82, 2.24) is 14.5 Å². The molecule has 1 aliphatic rings. The molecule has 2 heterocycles. The SMILES string of the molecule is COC(=O)C1(C)Cc2c(ncn2C)CN1C(=O)OC(C)(C)C. The summed E-state index contributed by atoms with van der Waals surface area (Å²) in [5.74, 6) is -0.467. The monoisotopic (exact) mass is 309 g/mol. The Morgan fingerprint density at radius 1 is 1.36 bits per heavy atom. The Kier molecular flexibility index (Phi) is 3.93. The zero-order valence-electron chi connectivity index (χ0n) is 14.0. The van der Waals surface area contributed by atoms with Gasteiger partial charge in [0.25, 0.3) is 0 Å². The number of aryl methyl sites for hydroxylation is 1. The molecule has 1 atom stereocenters. The van der Waals surface area contributed by atoms with Crippen LogP contribution in [0.5, 0.6) is 0 Å². The van der Waals surface area contributed by atoms with Crippen LogP contribution in [-0.2, 0) is 34.3 Å². The van der Waals surface area contributed by atoms with Gasteiger partial charge in [-0.1, -0.05) is 0 Å². The van der Waals surface area contributed by atoms with Gasteiger partial charge in [-0.15, -0.1) is 0 Å². The molecule has 0 saturated carbocycles. The Morgan fingerprint density at radius 2 is 2.00 bits per heavy atom. The molecular formula is C15H23N3O4. The Bertz CT molecular complexity index is 602. The van der Waals surface area contributed by atoms with Crippen molar-refractivity contribution >= 4 is 12.1 Å². The van der Waals surface area contributed by atoms with Crippen LogP contribution < -0.4 is 0 Å². The maximum atomic E-state index is 12.5. The fourth-order valence-electron chi connectivity index (χ4n) is 2.59. The molecule has 1 aliphatic heterocycles. The van der Waals surface area contributed by atoms with Crippen molar-refractivity contribution in [2.75, 3.05) is 7.11 Å². The van der Waals surface area contributed by atoms with E-state index in [-0.39, 0.29) is 6.54 Å². The second kappa shape index (κ2) is 5.30. The van der Waals surface area contributed by atoms with Crippen LogP contribution in [0.15, 0.2) is 6.33 Å². The maximum Gasteiger partial charge on any atom is 0.411 e. The number of amides is 1. The van der Waals surface area contributed by atoms with Gasteiger partial charge in [0.05, 0.1) is 25.7 Å². The topological polar surface area (TPSA) is 73.7 Å². The summed E-state index contributed by atoms with van der Waals surface area (Å²) in [4.78, 5) is 30.5. The van der Waals surface area contributed by atoms with Gasteiger partial charge in [0.1, 0.15) is 11.1 Å². The second-order valence-electron chi connectivity index (χ2n) is 6.76. The molecule has 122 valence electrons. The molecule has 0 saturated heterocycles. The van der Waals surface area contributed by atoms with E-state index in [1.807, 2.05) is 11.6 Å². The molecule has 0 radical (unpaired) electrons. The molecule has 1 amide bonds. The minimum absolute atomic E-state index is 0.219. The van der Waals surface area contributed by atoms with Crippen LogP contribution in [0.25, 0.3) is 0 Å². The smallest absolute Gasteiger partial charge is 0.411 e. The fraction of sp³-hybridized carbons (Fsp3) is 0.667. The first-order chi connectivity index (χ1) is 10.1. The van der Waals surface area contributed by atoms with Gasteiger partial charge in [-0.05, 0) is 27.7 Å². The van der Waals surface area contributed by atoms with E-state index in [1.54, 1.807) is 34.0 Å². The van der Waals surface area contributed by atoms with Crippen molar-refractivity contribution in [1.29, 1.82) is 0 Å². The van der Waals surface area contributed by atoms with Crippen LogP contribution in [0.1, 0.15) is 39.1 Å². The Labute approximate surface area is 130 Å². The summed E-state index contributed by atoms with van der Waals surface area (Å²) in [7, 11) is 3.19. The summed E-state index contributed by atoms with van der Waals surface area (Å²) in [6.45, 7) is 7.28. The molecule has 2 rings (SSSR count). The molecule has 1 unspecified atom stereocenters. The highest BCUT2D eigenvalue weighted by atomic mass is 16.6. The van der Waals surface area contributed by atoms with E-state index in [1.165, 1.54) is 12.0 Å². The van der Waals surface area contributed by atoms with Crippen molar-refractivity contribution in [2.45, 2.75) is 51.8 Å². The van der Waals surface area contributed by atoms with E-state index in [2.05, 4.69) is 4.98 Å². The van der Waals surface area contributed by atoms with E-state index >= 15 is 0 Å². The van der Waals surface area contributed by atoms with E-state index in [9.17, 15) is 9.59 Å². The number of ether oxygens (including phenoxy) is 2. The third kappa shape index (κ3) is 2.80. The third-order valence-corrected chi connectivity index (χ3v) is 3.80. The predicted molar refractivity (Wildman–Crippen MR) is 79.1 cm³/mol. The first-order valence-electron chi connectivity index (χ1n) is 7.16. The number of rotatable bonds is 1. The van der Waals surface area contributed by atoms with Crippen molar-refractivity contribution in [3.8, 4) is 0 Å². The Hall–Kier alpha value is -2.05. The lowest BCUT2D eigenvalue weighted by atomic mass is 9.89. The number of hydrogen-bond acceptors (Lipinski definition) is 5. The molecule has 0 aliphatic carbocycles. The molecule has 0 spiro atoms. The number of esters is 1. The average Bonchev–Trinajstić information content (AvgIpc) is 2.75. The molecule has 0 N–H and O–H groups in total. The molecule has 1 aromatic rings. The number of methoxy groups -OCH3 is 1. The number of carbonyl (C=O) groups excluding carboxylic acids is 2. The van der Waals surface area contributed by atoms with E-state index in [0.29, 0.717) is 6.42 Å². The number of fused-ring (bicyclic) bond motifs is 1. The second-order valence-corrected chi connectivity index (χ2v) is 6.76. The van der Waals surface area contributed by atoms with Crippen LogP contribution in [0.2, 0.25) is 0 Å². The number of nitrogens with zero attached hydrogens (tertiary/aromatic N) is 3. The molecule has 7 nitrogen and oxygen atoms in total. The van der Waals surface area contributed by atoms with Crippen LogP contribution in [0.3, 0.4) is 0 Å². The quantitative estimate of drug-likeness (QED) is 0.737. The van der Waals surface area contributed by atoms with E-state index in [0.717, 1.165) is 11.4 Å². The van der Waals surface area contributed by atoms with Crippen molar-refractivity contribution in [2.24, 2.45) is 7.05 Å². The normalized spacial score (nSPS) is 21.3. The van der Waals surface area contributed by atoms with Gasteiger partial charge >= 0.3 is 12.1 Å². The summed E-state index contributed by atoms with van der Waals surface area (Å²) in [5, 5.41) is 0. The summed E-state index contributed by atoms with van der Waals surface area (Å²) >= 11 is 0. The van der Waals surface area contributed by atoms with Crippen molar-refractivity contribution in [3.05, 3.63) is 17.7 Å². The Balaban J connectivity index is 2.41. The van der Waals surface area contributed by atoms with E-state index < -0.39 is 23.2 Å². The number of imidazole rings is 1. The highest BCUT2D eigenvalue weighted by Crippen LogP contribution is 2.32. The van der Waals surface area contributed by atoms with Gasteiger partial charge in [0, 0.05) is 19.2 Å². The van der Waals surface area contributed by atoms with Gasteiger partial charge in [-0.3, -0.25) is 4.90 Å². The number of hydrogen-bond donors (Lipinski definition) is 0. The molecule has 0 fully saturated rings. The van der Waals surface area contributed by atoms with Gasteiger partial charge in [0.15, 0.2) is 0 Å². The zero-order valence-corrected chi connectivity index (χ0v) is 14.0.